The molecule has 1 N–H and O–H groups in total. The molecule has 0 saturated carbocycles. The minimum atomic E-state index is -1.12. The van der Waals surface area contributed by atoms with E-state index in [4.69, 9.17) is 0 Å². The van der Waals surface area contributed by atoms with Crippen molar-refractivity contribution in [3.05, 3.63) is 115 Å². The molecule has 1 nitrogen and oxygen atoms in total. The van der Waals surface area contributed by atoms with Crippen LogP contribution in [0.25, 0.3) is 0 Å². The molecule has 0 aliphatic heterocycles. The first-order chi connectivity index (χ1) is 10.8. The van der Waals surface area contributed by atoms with Crippen molar-refractivity contribution >= 4 is 0 Å². The van der Waals surface area contributed by atoms with E-state index >= 15 is 0 Å². The van der Waals surface area contributed by atoms with E-state index in [0.717, 1.165) is 16.7 Å². The molecule has 0 saturated heterocycles. The molecule has 3 rings (SSSR count). The van der Waals surface area contributed by atoms with Crippen molar-refractivity contribution in [3.63, 3.8) is 0 Å². The number of hydrogen-bond acceptors (Lipinski definition) is 1. The van der Waals surface area contributed by atoms with Crippen molar-refractivity contribution in [2.24, 2.45) is 0 Å². The van der Waals surface area contributed by atoms with Gasteiger partial charge in [-0.1, -0.05) is 91.0 Å². The van der Waals surface area contributed by atoms with Gasteiger partial charge in [-0.15, -0.1) is 0 Å². The van der Waals surface area contributed by atoms with Crippen molar-refractivity contribution in [1.82, 2.24) is 0 Å². The quantitative estimate of drug-likeness (QED) is 0.406. The summed E-state index contributed by atoms with van der Waals surface area (Å²) in [7, 11) is 0. The van der Waals surface area contributed by atoms with Crippen molar-refractivity contribution in [3.8, 4) is 0 Å². The average molecular weight is 355 g/mol. The number of rotatable bonds is 3. The summed E-state index contributed by atoms with van der Waals surface area (Å²) < 4.78 is 0. The molecular weight excluding hydrogens is 334 g/mol. The fourth-order valence-electron chi connectivity index (χ4n) is 2.54. The van der Waals surface area contributed by atoms with Crippen molar-refractivity contribution in [2.75, 3.05) is 0 Å². The van der Waals surface area contributed by atoms with Gasteiger partial charge in [0.05, 0.1) is 0 Å². The van der Waals surface area contributed by atoms with Crippen molar-refractivity contribution in [2.45, 2.75) is 12.5 Å². The van der Waals surface area contributed by atoms with Crippen LogP contribution in [0.3, 0.4) is 0 Å². The van der Waals surface area contributed by atoms with Crippen LogP contribution in [0.15, 0.2) is 91.0 Å². The molecule has 0 radical (unpaired) electrons. The summed E-state index contributed by atoms with van der Waals surface area (Å²) in [6.45, 7) is 5.00. The molecule has 0 aliphatic carbocycles. The minimum Gasteiger partial charge on any atom is -0.376 e. The molecule has 0 atom stereocenters. The van der Waals surface area contributed by atoms with Gasteiger partial charge in [0, 0.05) is 19.5 Å². The van der Waals surface area contributed by atoms with Crippen molar-refractivity contribution < 1.29 is 24.6 Å². The van der Waals surface area contributed by atoms with Gasteiger partial charge in [0.1, 0.15) is 5.60 Å². The maximum Gasteiger partial charge on any atom is 0.140 e. The Balaban J connectivity index is 0.000000849. The van der Waals surface area contributed by atoms with Crippen LogP contribution in [0.5, 0.6) is 0 Å². The van der Waals surface area contributed by atoms with Gasteiger partial charge in [-0.05, 0) is 16.7 Å². The van der Waals surface area contributed by atoms with Gasteiger partial charge in [-0.2, -0.15) is 6.92 Å². The number of benzene rings is 3. The zero-order chi connectivity index (χ0) is 15.8. The minimum absolute atomic E-state index is 0. The maximum absolute atomic E-state index is 11.4. The van der Waals surface area contributed by atoms with Gasteiger partial charge in [0.15, 0.2) is 0 Å². The predicted molar refractivity (Wildman–Crippen MR) is 92.5 cm³/mol. The van der Waals surface area contributed by atoms with E-state index in [0.29, 0.717) is 0 Å². The third kappa shape index (κ3) is 4.16. The van der Waals surface area contributed by atoms with E-state index in [-0.39, 0.29) is 19.5 Å². The first-order valence-corrected chi connectivity index (χ1v) is 7.41. The van der Waals surface area contributed by atoms with E-state index in [1.54, 1.807) is 6.92 Å². The Morgan fingerprint density at radius 2 is 0.783 bits per heavy atom. The van der Waals surface area contributed by atoms with Gasteiger partial charge in [0.25, 0.3) is 0 Å². The Hall–Kier alpha value is -1.76. The Bertz CT molecular complexity index is 569. The van der Waals surface area contributed by atoms with E-state index in [2.05, 4.69) is 6.92 Å². The SMILES string of the molecule is OC(c1ccccc1)(c1ccccc1)c1ccccc1.[CH2-]C.[Zn]. The molecule has 0 fully saturated rings. The molecule has 3 aromatic carbocycles. The van der Waals surface area contributed by atoms with Gasteiger partial charge >= 0.3 is 0 Å². The van der Waals surface area contributed by atoms with E-state index in [9.17, 15) is 5.11 Å². The molecular formula is C21H21OZn-. The molecule has 0 amide bonds. The second-order valence-corrected chi connectivity index (χ2v) is 4.81. The van der Waals surface area contributed by atoms with E-state index in [1.165, 1.54) is 0 Å². The Labute approximate surface area is 151 Å². The Kier molecular flexibility index (Phi) is 7.88. The standard InChI is InChI=1S/C19H16O.C2H5.Zn/c20-19(16-10-4-1-5-11-16,17-12-6-2-7-13-17)18-14-8-3-9-15-18;1-2;/h1-15,20H;1H2,2H3;/q;-1;. The van der Waals surface area contributed by atoms with Crippen LogP contribution >= 0.6 is 0 Å². The summed E-state index contributed by atoms with van der Waals surface area (Å²) in [5.41, 5.74) is 1.50. The van der Waals surface area contributed by atoms with E-state index in [1.807, 2.05) is 91.0 Å². The summed E-state index contributed by atoms with van der Waals surface area (Å²) in [4.78, 5) is 0. The van der Waals surface area contributed by atoms with Crippen LogP contribution in [-0.4, -0.2) is 5.11 Å². The summed E-state index contributed by atoms with van der Waals surface area (Å²) in [5, 5.41) is 11.4. The normalized spacial score (nSPS) is 10.0. The van der Waals surface area contributed by atoms with Crippen LogP contribution < -0.4 is 0 Å². The summed E-state index contributed by atoms with van der Waals surface area (Å²) >= 11 is 0. The topological polar surface area (TPSA) is 20.2 Å². The number of hydrogen-bond donors (Lipinski definition) is 1. The second kappa shape index (κ2) is 9.40. The van der Waals surface area contributed by atoms with Crippen LogP contribution in [0.1, 0.15) is 23.6 Å². The van der Waals surface area contributed by atoms with Gasteiger partial charge in [-0.3, -0.25) is 0 Å². The van der Waals surface area contributed by atoms with Gasteiger partial charge in [-0.25, -0.2) is 0 Å². The third-order valence-corrected chi connectivity index (χ3v) is 3.57. The molecule has 0 spiro atoms. The fraction of sp³-hybridized carbons (Fsp3) is 0.0952. The maximum atomic E-state index is 11.4. The first kappa shape index (κ1) is 19.3. The number of aliphatic hydroxyl groups is 1. The summed E-state index contributed by atoms with van der Waals surface area (Å²) in [6.07, 6.45) is 0. The van der Waals surface area contributed by atoms with Crippen LogP contribution in [0.4, 0.5) is 0 Å². The molecule has 23 heavy (non-hydrogen) atoms. The molecule has 0 unspecified atom stereocenters. The molecule has 0 heterocycles. The molecule has 114 valence electrons. The van der Waals surface area contributed by atoms with Gasteiger partial charge in [0.2, 0.25) is 0 Å². The van der Waals surface area contributed by atoms with Crippen LogP contribution in [0, 0.1) is 6.92 Å². The zero-order valence-electron chi connectivity index (χ0n) is 13.5. The third-order valence-electron chi connectivity index (χ3n) is 3.57. The summed E-state index contributed by atoms with van der Waals surface area (Å²) in [6, 6.07) is 29.3. The average Bonchev–Trinajstić information content (AvgIpc) is 2.65. The van der Waals surface area contributed by atoms with Crippen molar-refractivity contribution in [1.29, 1.82) is 0 Å². The monoisotopic (exact) mass is 353 g/mol. The van der Waals surface area contributed by atoms with E-state index < -0.39 is 5.60 Å². The predicted octanol–water partition coefficient (Wildman–Crippen LogP) is 4.81. The smallest absolute Gasteiger partial charge is 0.140 e. The summed E-state index contributed by atoms with van der Waals surface area (Å²) in [5.74, 6) is 0. The molecule has 0 aliphatic rings. The second-order valence-electron chi connectivity index (χ2n) is 4.81. The molecule has 2 heteroatoms. The Morgan fingerprint density at radius 1 is 0.565 bits per heavy atom. The Morgan fingerprint density at radius 3 is 1.00 bits per heavy atom. The van der Waals surface area contributed by atoms with Gasteiger partial charge < -0.3 is 12.0 Å². The largest absolute Gasteiger partial charge is 0.376 e. The fourth-order valence-corrected chi connectivity index (χ4v) is 2.54. The first-order valence-electron chi connectivity index (χ1n) is 7.41. The van der Waals surface area contributed by atoms with Crippen LogP contribution in [0.2, 0.25) is 0 Å². The zero-order valence-corrected chi connectivity index (χ0v) is 16.5. The van der Waals surface area contributed by atoms with Crippen LogP contribution in [-0.2, 0) is 25.1 Å². The molecule has 3 aromatic rings. The molecule has 0 aromatic heterocycles. The molecule has 0 bridgehead atoms.